The van der Waals surface area contributed by atoms with Gasteiger partial charge in [0.15, 0.2) is 0 Å². The Kier molecular flexibility index (Phi) is 8.20. The number of hydrogen-bond donors (Lipinski definition) is 2. The van der Waals surface area contributed by atoms with Crippen molar-refractivity contribution in [2.24, 2.45) is 0 Å². The summed E-state index contributed by atoms with van der Waals surface area (Å²) in [6, 6.07) is 14.6. The van der Waals surface area contributed by atoms with Crippen LogP contribution < -0.4 is 10.6 Å². The molecule has 0 saturated carbocycles. The Morgan fingerprint density at radius 3 is 2.52 bits per heavy atom. The first-order chi connectivity index (χ1) is 13.0. The molecule has 0 radical (unpaired) electrons. The van der Waals surface area contributed by atoms with E-state index in [1.165, 1.54) is 5.56 Å². The first-order valence-electron chi connectivity index (χ1n) is 8.93. The van der Waals surface area contributed by atoms with E-state index in [0.717, 1.165) is 22.6 Å². The van der Waals surface area contributed by atoms with Gasteiger partial charge in [-0.05, 0) is 43.5 Å². The Morgan fingerprint density at radius 1 is 1.07 bits per heavy atom. The molecule has 2 N–H and O–H groups in total. The van der Waals surface area contributed by atoms with Crippen molar-refractivity contribution in [2.75, 3.05) is 17.7 Å². The lowest BCUT2D eigenvalue weighted by Gasteiger charge is -2.18. The van der Waals surface area contributed by atoms with Gasteiger partial charge in [0, 0.05) is 17.2 Å². The van der Waals surface area contributed by atoms with Crippen LogP contribution in [0.3, 0.4) is 0 Å². The summed E-state index contributed by atoms with van der Waals surface area (Å²) in [5, 5.41) is 5.56. The van der Waals surface area contributed by atoms with E-state index in [-0.39, 0.29) is 6.61 Å². The van der Waals surface area contributed by atoms with E-state index in [0.29, 0.717) is 5.75 Å². The molecule has 2 amide bonds. The average molecular weight is 387 g/mol. The number of hydrogen-bond acceptors (Lipinski definition) is 4. The lowest BCUT2D eigenvalue weighted by Crippen LogP contribution is -2.45. The Bertz CT molecular complexity index is 765. The number of ether oxygens (including phenoxy) is 1. The summed E-state index contributed by atoms with van der Waals surface area (Å²) in [4.78, 5) is 24.6. The summed E-state index contributed by atoms with van der Waals surface area (Å²) in [6.45, 7) is 5.96. The van der Waals surface area contributed by atoms with E-state index >= 15 is 0 Å². The molecule has 5 nitrogen and oxygen atoms in total. The van der Waals surface area contributed by atoms with Gasteiger partial charge in [-0.15, -0.1) is 0 Å². The summed E-state index contributed by atoms with van der Waals surface area (Å²) < 4.78 is 5.11. The summed E-state index contributed by atoms with van der Waals surface area (Å²) >= 11 is 1.58. The molecule has 0 aliphatic heterocycles. The number of urea groups is 1. The number of benzene rings is 2. The van der Waals surface area contributed by atoms with Crippen LogP contribution in [0.2, 0.25) is 0 Å². The molecule has 0 heterocycles. The van der Waals surface area contributed by atoms with Gasteiger partial charge in [-0.2, -0.15) is 11.8 Å². The maximum absolute atomic E-state index is 12.4. The molecule has 2 aromatic carbocycles. The van der Waals surface area contributed by atoms with E-state index in [1.54, 1.807) is 18.7 Å². The van der Waals surface area contributed by atoms with Gasteiger partial charge in [0.05, 0.1) is 6.61 Å². The number of aryl methyl sites for hydroxylation is 1. The van der Waals surface area contributed by atoms with E-state index in [4.69, 9.17) is 4.74 Å². The van der Waals surface area contributed by atoms with Gasteiger partial charge in [0.2, 0.25) is 0 Å². The molecule has 0 bridgehead atoms. The number of anilines is 1. The third-order valence-electron chi connectivity index (χ3n) is 4.13. The fourth-order valence-corrected chi connectivity index (χ4v) is 3.48. The van der Waals surface area contributed by atoms with Crippen LogP contribution in [0, 0.1) is 13.8 Å². The van der Waals surface area contributed by atoms with Gasteiger partial charge < -0.3 is 15.4 Å². The van der Waals surface area contributed by atoms with Crippen molar-refractivity contribution in [2.45, 2.75) is 32.6 Å². The van der Waals surface area contributed by atoms with Crippen molar-refractivity contribution in [3.05, 3.63) is 65.2 Å². The molecule has 0 saturated heterocycles. The van der Waals surface area contributed by atoms with Crippen molar-refractivity contribution < 1.29 is 14.3 Å². The SMILES string of the molecule is CCOC(=O)C(CSCc1ccccc1)NC(=O)Nc1cccc(C)c1C. The standard InChI is InChI=1S/C21H26N2O3S/c1-4-26-20(24)19(14-27-13-17-10-6-5-7-11-17)23-21(25)22-18-12-8-9-15(2)16(18)3/h5-12,19H,4,13-14H2,1-3H3,(H2,22,23,25). The molecule has 0 aliphatic rings. The quantitative estimate of drug-likeness (QED) is 0.664. The van der Waals surface area contributed by atoms with Crippen molar-refractivity contribution in [1.82, 2.24) is 5.32 Å². The Morgan fingerprint density at radius 2 is 1.81 bits per heavy atom. The summed E-state index contributed by atoms with van der Waals surface area (Å²) in [6.07, 6.45) is 0. The molecule has 1 atom stereocenters. The fourth-order valence-electron chi connectivity index (χ4n) is 2.48. The van der Waals surface area contributed by atoms with E-state index in [1.807, 2.05) is 62.4 Å². The zero-order chi connectivity index (χ0) is 19.6. The number of carbonyl (C=O) groups excluding carboxylic acids is 2. The number of esters is 1. The minimum absolute atomic E-state index is 0.277. The molecule has 6 heteroatoms. The maximum Gasteiger partial charge on any atom is 0.329 e. The van der Waals surface area contributed by atoms with Gasteiger partial charge in [0.1, 0.15) is 6.04 Å². The monoisotopic (exact) mass is 386 g/mol. The highest BCUT2D eigenvalue weighted by Crippen LogP contribution is 2.18. The topological polar surface area (TPSA) is 67.4 Å². The lowest BCUT2D eigenvalue weighted by atomic mass is 10.1. The third-order valence-corrected chi connectivity index (χ3v) is 5.23. The highest BCUT2D eigenvalue weighted by molar-refractivity contribution is 7.98. The highest BCUT2D eigenvalue weighted by Gasteiger charge is 2.22. The minimum Gasteiger partial charge on any atom is -0.464 e. The molecule has 2 rings (SSSR count). The largest absolute Gasteiger partial charge is 0.464 e. The molecule has 0 aromatic heterocycles. The number of thioether (sulfide) groups is 1. The lowest BCUT2D eigenvalue weighted by molar-refractivity contribution is -0.144. The van der Waals surface area contributed by atoms with Crippen LogP contribution in [0.1, 0.15) is 23.6 Å². The Hall–Kier alpha value is -2.47. The van der Waals surface area contributed by atoms with Crippen molar-refractivity contribution >= 4 is 29.4 Å². The second kappa shape index (κ2) is 10.6. The van der Waals surface area contributed by atoms with Crippen molar-refractivity contribution in [3.63, 3.8) is 0 Å². The normalized spacial score (nSPS) is 11.5. The number of amides is 2. The van der Waals surface area contributed by atoms with E-state index < -0.39 is 18.0 Å². The van der Waals surface area contributed by atoms with Crippen LogP contribution in [0.25, 0.3) is 0 Å². The van der Waals surface area contributed by atoms with Crippen molar-refractivity contribution in [1.29, 1.82) is 0 Å². The predicted octanol–water partition coefficient (Wildman–Crippen LogP) is 4.29. The van der Waals surface area contributed by atoms with Gasteiger partial charge in [-0.3, -0.25) is 0 Å². The third kappa shape index (κ3) is 6.64. The van der Waals surface area contributed by atoms with Crippen LogP contribution in [-0.2, 0) is 15.3 Å². The highest BCUT2D eigenvalue weighted by atomic mass is 32.2. The van der Waals surface area contributed by atoms with Crippen LogP contribution in [-0.4, -0.2) is 30.4 Å². The fraction of sp³-hybridized carbons (Fsp3) is 0.333. The molecule has 144 valence electrons. The summed E-state index contributed by atoms with van der Waals surface area (Å²) in [5.41, 5.74) is 3.99. The summed E-state index contributed by atoms with van der Waals surface area (Å²) in [5.74, 6) is 0.777. The average Bonchev–Trinajstić information content (AvgIpc) is 2.66. The van der Waals surface area contributed by atoms with Crippen molar-refractivity contribution in [3.8, 4) is 0 Å². The predicted molar refractivity (Wildman–Crippen MR) is 111 cm³/mol. The Labute approximate surface area is 164 Å². The first kappa shape index (κ1) is 20.8. The van der Waals surface area contributed by atoms with Crippen LogP contribution >= 0.6 is 11.8 Å². The molecule has 27 heavy (non-hydrogen) atoms. The van der Waals surface area contributed by atoms with Gasteiger partial charge in [0.25, 0.3) is 0 Å². The maximum atomic E-state index is 12.4. The van der Waals surface area contributed by atoms with Gasteiger partial charge >= 0.3 is 12.0 Å². The molecular weight excluding hydrogens is 360 g/mol. The number of nitrogens with one attached hydrogen (secondary N) is 2. The zero-order valence-corrected chi connectivity index (χ0v) is 16.8. The molecule has 0 spiro atoms. The molecule has 0 aliphatic carbocycles. The first-order valence-corrected chi connectivity index (χ1v) is 10.1. The van der Waals surface area contributed by atoms with E-state index in [9.17, 15) is 9.59 Å². The second-order valence-corrected chi connectivity index (χ2v) is 7.18. The number of carbonyl (C=O) groups is 2. The molecular formula is C21H26N2O3S. The zero-order valence-electron chi connectivity index (χ0n) is 16.0. The van der Waals surface area contributed by atoms with Gasteiger partial charge in [-0.1, -0.05) is 42.5 Å². The number of rotatable bonds is 8. The second-order valence-electron chi connectivity index (χ2n) is 6.15. The molecule has 0 fully saturated rings. The van der Waals surface area contributed by atoms with E-state index in [2.05, 4.69) is 10.6 Å². The summed E-state index contributed by atoms with van der Waals surface area (Å²) in [7, 11) is 0. The smallest absolute Gasteiger partial charge is 0.329 e. The van der Waals surface area contributed by atoms with Crippen LogP contribution in [0.4, 0.5) is 10.5 Å². The molecule has 2 aromatic rings. The minimum atomic E-state index is -0.705. The van der Waals surface area contributed by atoms with Crippen LogP contribution in [0.5, 0.6) is 0 Å². The Balaban J connectivity index is 1.95. The van der Waals surface area contributed by atoms with Gasteiger partial charge in [-0.25, -0.2) is 9.59 Å². The molecule has 1 unspecified atom stereocenters. The van der Waals surface area contributed by atoms with Crippen LogP contribution in [0.15, 0.2) is 48.5 Å².